The molecule has 4 rings (SSSR count). The van der Waals surface area contributed by atoms with E-state index in [9.17, 15) is 0 Å². The molecule has 0 atom stereocenters. The number of nitrogens with zero attached hydrogens (tertiary/aromatic N) is 1. The standard InChI is InChI=1S/C11H14N2/c12-9-5-10-7-1-3-8(4-2-7)11(10)13-6-9/h5-8H,1-4,12H2. The molecule has 1 saturated carbocycles. The van der Waals surface area contributed by atoms with Crippen molar-refractivity contribution in [3.63, 3.8) is 0 Å². The van der Waals surface area contributed by atoms with Gasteiger partial charge in [-0.3, -0.25) is 4.98 Å². The zero-order chi connectivity index (χ0) is 8.84. The Balaban J connectivity index is 2.18. The number of rotatable bonds is 0. The van der Waals surface area contributed by atoms with Crippen molar-refractivity contribution in [1.82, 2.24) is 4.98 Å². The fourth-order valence-corrected chi connectivity index (χ4v) is 2.86. The van der Waals surface area contributed by atoms with Crippen molar-refractivity contribution >= 4 is 5.69 Å². The van der Waals surface area contributed by atoms with Gasteiger partial charge in [0, 0.05) is 11.6 Å². The molecule has 0 aromatic carbocycles. The van der Waals surface area contributed by atoms with E-state index >= 15 is 0 Å². The number of nitrogens with two attached hydrogens (primary N) is 1. The van der Waals surface area contributed by atoms with Gasteiger partial charge in [-0.05, 0) is 43.2 Å². The predicted octanol–water partition coefficient (Wildman–Crippen LogP) is 2.42. The van der Waals surface area contributed by atoms with Crippen molar-refractivity contribution in [3.8, 4) is 0 Å². The number of nitrogen functional groups attached to an aromatic ring is 1. The van der Waals surface area contributed by atoms with Crippen LogP contribution in [0.15, 0.2) is 12.3 Å². The normalized spacial score (nSPS) is 30.2. The van der Waals surface area contributed by atoms with E-state index in [1.54, 1.807) is 6.20 Å². The highest BCUT2D eigenvalue weighted by molar-refractivity contribution is 5.44. The predicted molar refractivity (Wildman–Crippen MR) is 52.6 cm³/mol. The average molecular weight is 174 g/mol. The summed E-state index contributed by atoms with van der Waals surface area (Å²) in [5.41, 5.74) is 9.37. The van der Waals surface area contributed by atoms with E-state index in [2.05, 4.69) is 11.1 Å². The molecule has 0 unspecified atom stereocenters. The minimum atomic E-state index is 0.737. The highest BCUT2D eigenvalue weighted by Crippen LogP contribution is 2.48. The Morgan fingerprint density at radius 1 is 1.15 bits per heavy atom. The Kier molecular flexibility index (Phi) is 1.40. The summed E-state index contributed by atoms with van der Waals surface area (Å²) >= 11 is 0. The smallest absolute Gasteiger partial charge is 0.0503 e. The summed E-state index contributed by atoms with van der Waals surface area (Å²) in [5, 5.41) is 0. The molecule has 2 N–H and O–H groups in total. The van der Waals surface area contributed by atoms with Gasteiger partial charge >= 0.3 is 0 Å². The van der Waals surface area contributed by atoms with E-state index in [1.807, 2.05) is 0 Å². The van der Waals surface area contributed by atoms with Crippen molar-refractivity contribution in [2.75, 3.05) is 5.73 Å². The van der Waals surface area contributed by atoms with Gasteiger partial charge in [0.05, 0.1) is 11.9 Å². The Morgan fingerprint density at radius 3 is 2.62 bits per heavy atom. The van der Waals surface area contributed by atoms with Crippen molar-refractivity contribution in [1.29, 1.82) is 0 Å². The number of hydrogen-bond acceptors (Lipinski definition) is 2. The molecule has 68 valence electrons. The maximum absolute atomic E-state index is 5.75. The van der Waals surface area contributed by atoms with Crippen LogP contribution in [0.3, 0.4) is 0 Å². The molecular formula is C11H14N2. The first kappa shape index (κ1) is 7.36. The molecular weight excluding hydrogens is 160 g/mol. The molecule has 1 heterocycles. The lowest BCUT2D eigenvalue weighted by Gasteiger charge is -2.37. The Bertz CT molecular complexity index is 338. The highest BCUT2D eigenvalue weighted by Gasteiger charge is 2.33. The van der Waals surface area contributed by atoms with E-state index < -0.39 is 0 Å². The van der Waals surface area contributed by atoms with Crippen LogP contribution in [0.5, 0.6) is 0 Å². The summed E-state index contributed by atoms with van der Waals surface area (Å²) < 4.78 is 0. The molecule has 3 aliphatic rings. The van der Waals surface area contributed by atoms with Gasteiger partial charge in [0.15, 0.2) is 0 Å². The third-order valence-electron chi connectivity index (χ3n) is 3.52. The monoisotopic (exact) mass is 174 g/mol. The first-order valence-electron chi connectivity index (χ1n) is 5.10. The number of anilines is 1. The SMILES string of the molecule is Nc1cnc2c(c1)C1CCC2CC1. The van der Waals surface area contributed by atoms with E-state index in [0.29, 0.717) is 0 Å². The van der Waals surface area contributed by atoms with E-state index in [-0.39, 0.29) is 0 Å². The molecule has 13 heavy (non-hydrogen) atoms. The fraction of sp³-hybridized carbons (Fsp3) is 0.545. The topological polar surface area (TPSA) is 38.9 Å². The lowest BCUT2D eigenvalue weighted by atomic mass is 9.69. The molecule has 0 saturated heterocycles. The largest absolute Gasteiger partial charge is 0.397 e. The number of aromatic nitrogens is 1. The highest BCUT2D eigenvalue weighted by atomic mass is 14.7. The molecule has 0 amide bonds. The Morgan fingerprint density at radius 2 is 1.85 bits per heavy atom. The summed E-state index contributed by atoms with van der Waals surface area (Å²) in [6.45, 7) is 0. The summed E-state index contributed by atoms with van der Waals surface area (Å²) in [5.74, 6) is 1.50. The molecule has 0 spiro atoms. The van der Waals surface area contributed by atoms with Gasteiger partial charge in [-0.25, -0.2) is 0 Å². The van der Waals surface area contributed by atoms with Crippen LogP contribution >= 0.6 is 0 Å². The molecule has 0 aliphatic heterocycles. The van der Waals surface area contributed by atoms with E-state index in [1.165, 1.54) is 36.9 Å². The Labute approximate surface area is 78.2 Å². The maximum Gasteiger partial charge on any atom is 0.0503 e. The van der Waals surface area contributed by atoms with E-state index in [0.717, 1.165) is 17.5 Å². The van der Waals surface area contributed by atoms with Crippen LogP contribution in [0, 0.1) is 0 Å². The number of hydrogen-bond donors (Lipinski definition) is 1. The number of fused-ring (bicyclic) bond motifs is 2. The quantitative estimate of drug-likeness (QED) is 0.656. The molecule has 2 bridgehead atoms. The third-order valence-corrected chi connectivity index (χ3v) is 3.52. The van der Waals surface area contributed by atoms with Crippen LogP contribution in [0.4, 0.5) is 5.69 Å². The summed E-state index contributed by atoms with van der Waals surface area (Å²) in [7, 11) is 0. The van der Waals surface area contributed by atoms with Crippen LogP contribution in [-0.2, 0) is 0 Å². The summed E-state index contributed by atoms with van der Waals surface area (Å²) in [6.07, 6.45) is 7.19. The van der Waals surface area contributed by atoms with Gasteiger partial charge in [-0.1, -0.05) is 0 Å². The lowest BCUT2D eigenvalue weighted by Crippen LogP contribution is -2.22. The molecule has 1 aromatic heterocycles. The second-order valence-electron chi connectivity index (χ2n) is 4.29. The maximum atomic E-state index is 5.75. The average Bonchev–Trinajstić information content (AvgIpc) is 2.19. The minimum Gasteiger partial charge on any atom is -0.397 e. The molecule has 2 nitrogen and oxygen atoms in total. The van der Waals surface area contributed by atoms with Crippen LogP contribution in [-0.4, -0.2) is 4.98 Å². The van der Waals surface area contributed by atoms with Gasteiger partial charge in [-0.2, -0.15) is 0 Å². The van der Waals surface area contributed by atoms with Gasteiger partial charge in [0.1, 0.15) is 0 Å². The minimum absolute atomic E-state index is 0.737. The van der Waals surface area contributed by atoms with Crippen LogP contribution in [0.25, 0.3) is 0 Å². The zero-order valence-corrected chi connectivity index (χ0v) is 7.66. The van der Waals surface area contributed by atoms with Crippen molar-refractivity contribution < 1.29 is 0 Å². The van der Waals surface area contributed by atoms with Crippen molar-refractivity contribution in [3.05, 3.63) is 23.5 Å². The lowest BCUT2D eigenvalue weighted by molar-refractivity contribution is 0.351. The summed E-state index contributed by atoms with van der Waals surface area (Å²) in [6, 6.07) is 2.14. The van der Waals surface area contributed by atoms with E-state index in [4.69, 9.17) is 5.73 Å². The van der Waals surface area contributed by atoms with Crippen LogP contribution < -0.4 is 5.73 Å². The first-order valence-corrected chi connectivity index (χ1v) is 5.10. The first-order chi connectivity index (χ1) is 6.34. The molecule has 0 radical (unpaired) electrons. The molecule has 1 fully saturated rings. The molecule has 2 heteroatoms. The van der Waals surface area contributed by atoms with Crippen molar-refractivity contribution in [2.45, 2.75) is 37.5 Å². The van der Waals surface area contributed by atoms with Gasteiger partial charge in [-0.15, -0.1) is 0 Å². The summed E-state index contributed by atoms with van der Waals surface area (Å²) in [4.78, 5) is 4.48. The molecule has 3 aliphatic carbocycles. The third kappa shape index (κ3) is 0.978. The number of pyridine rings is 1. The molecule has 1 aromatic rings. The van der Waals surface area contributed by atoms with Crippen LogP contribution in [0.2, 0.25) is 0 Å². The van der Waals surface area contributed by atoms with Crippen LogP contribution in [0.1, 0.15) is 48.8 Å². The second kappa shape index (κ2) is 2.47. The van der Waals surface area contributed by atoms with Gasteiger partial charge < -0.3 is 5.73 Å². The van der Waals surface area contributed by atoms with Crippen molar-refractivity contribution in [2.24, 2.45) is 0 Å². The van der Waals surface area contributed by atoms with Gasteiger partial charge in [0.25, 0.3) is 0 Å². The second-order valence-corrected chi connectivity index (χ2v) is 4.29. The zero-order valence-electron chi connectivity index (χ0n) is 7.66. The Hall–Kier alpha value is -1.05. The van der Waals surface area contributed by atoms with Gasteiger partial charge in [0.2, 0.25) is 0 Å². The fourth-order valence-electron chi connectivity index (χ4n) is 2.86.